The fourth-order valence-corrected chi connectivity index (χ4v) is 1.16. The molecule has 2 nitrogen and oxygen atoms in total. The van der Waals surface area contributed by atoms with Gasteiger partial charge < -0.3 is 11.1 Å². The normalized spacial score (nSPS) is 12.8. The first-order chi connectivity index (χ1) is 5.84. The Kier molecular flexibility index (Phi) is 3.77. The van der Waals surface area contributed by atoms with Crippen molar-refractivity contribution in [2.75, 3.05) is 13.1 Å². The van der Waals surface area contributed by atoms with Gasteiger partial charge in [0.25, 0.3) is 0 Å². The summed E-state index contributed by atoms with van der Waals surface area (Å²) in [5, 5.41) is 3.32. The molecule has 0 aliphatic carbocycles. The van der Waals surface area contributed by atoms with Gasteiger partial charge in [0.2, 0.25) is 0 Å². The summed E-state index contributed by atoms with van der Waals surface area (Å²) < 4.78 is 0. The maximum atomic E-state index is 5.39. The molecule has 0 saturated carbocycles. The Morgan fingerprint density at radius 2 is 2.00 bits per heavy atom. The highest BCUT2D eigenvalue weighted by Gasteiger charge is 2.00. The van der Waals surface area contributed by atoms with E-state index in [4.69, 9.17) is 5.73 Å². The zero-order valence-electron chi connectivity index (χ0n) is 7.46. The lowest BCUT2D eigenvalue weighted by Crippen LogP contribution is -2.25. The van der Waals surface area contributed by atoms with E-state index < -0.39 is 0 Å². The van der Waals surface area contributed by atoms with Gasteiger partial charge in [-0.25, -0.2) is 0 Å². The first-order valence-corrected chi connectivity index (χ1v) is 4.33. The molecular formula is C10H16N2. The largest absolute Gasteiger partial charge is 0.329 e. The summed E-state index contributed by atoms with van der Waals surface area (Å²) in [6.07, 6.45) is 0. The molecule has 0 amide bonds. The van der Waals surface area contributed by atoms with Crippen molar-refractivity contribution in [1.82, 2.24) is 5.32 Å². The third-order valence-corrected chi connectivity index (χ3v) is 1.89. The Bertz CT molecular complexity index is 208. The number of nitrogens with two attached hydrogens (primary N) is 1. The molecule has 2 heteroatoms. The van der Waals surface area contributed by atoms with Crippen LogP contribution in [0.5, 0.6) is 0 Å². The summed E-state index contributed by atoms with van der Waals surface area (Å²) in [5.74, 6) is 0. The van der Waals surface area contributed by atoms with E-state index >= 15 is 0 Å². The van der Waals surface area contributed by atoms with Gasteiger partial charge in [0.1, 0.15) is 0 Å². The molecule has 0 heterocycles. The van der Waals surface area contributed by atoms with Crippen LogP contribution in [-0.2, 0) is 0 Å². The molecule has 1 rings (SSSR count). The Morgan fingerprint density at radius 1 is 1.33 bits per heavy atom. The summed E-state index contributed by atoms with van der Waals surface area (Å²) in [6.45, 7) is 3.71. The van der Waals surface area contributed by atoms with Gasteiger partial charge in [0, 0.05) is 19.1 Å². The molecule has 12 heavy (non-hydrogen) atoms. The predicted octanol–water partition coefficient (Wildman–Crippen LogP) is 1.30. The van der Waals surface area contributed by atoms with E-state index in [1.165, 1.54) is 5.56 Å². The van der Waals surface area contributed by atoms with Crippen LogP contribution in [0.15, 0.2) is 30.3 Å². The van der Waals surface area contributed by atoms with Crippen molar-refractivity contribution < 1.29 is 0 Å². The minimum absolute atomic E-state index is 0.398. The molecule has 0 radical (unpaired) electrons. The van der Waals surface area contributed by atoms with Crippen molar-refractivity contribution in [1.29, 1.82) is 0 Å². The molecule has 0 fully saturated rings. The molecule has 0 bridgehead atoms. The molecule has 1 atom stereocenters. The smallest absolute Gasteiger partial charge is 0.0292 e. The highest BCUT2D eigenvalue weighted by Crippen LogP contribution is 2.09. The van der Waals surface area contributed by atoms with E-state index in [0.29, 0.717) is 12.6 Å². The molecule has 0 unspecified atom stereocenters. The predicted molar refractivity (Wildman–Crippen MR) is 51.9 cm³/mol. The number of rotatable bonds is 4. The first-order valence-electron chi connectivity index (χ1n) is 4.33. The monoisotopic (exact) mass is 164 g/mol. The molecule has 0 saturated heterocycles. The van der Waals surface area contributed by atoms with Crippen LogP contribution < -0.4 is 11.1 Å². The Balaban J connectivity index is 2.48. The van der Waals surface area contributed by atoms with E-state index in [1.54, 1.807) is 0 Å². The van der Waals surface area contributed by atoms with Gasteiger partial charge >= 0.3 is 0 Å². The lowest BCUT2D eigenvalue weighted by molar-refractivity contribution is 0.582. The number of benzene rings is 1. The van der Waals surface area contributed by atoms with Crippen LogP contribution in [0.2, 0.25) is 0 Å². The van der Waals surface area contributed by atoms with Gasteiger partial charge in [-0.1, -0.05) is 30.3 Å². The van der Waals surface area contributed by atoms with E-state index in [1.807, 2.05) is 6.07 Å². The SMILES string of the molecule is C[C@H](NCCN)c1ccccc1. The second-order valence-electron chi connectivity index (χ2n) is 2.88. The Labute approximate surface area is 73.8 Å². The van der Waals surface area contributed by atoms with Crippen LogP contribution in [0.4, 0.5) is 0 Å². The number of hydrogen-bond acceptors (Lipinski definition) is 2. The summed E-state index contributed by atoms with van der Waals surface area (Å²) in [6, 6.07) is 10.8. The van der Waals surface area contributed by atoms with Crippen molar-refractivity contribution >= 4 is 0 Å². The van der Waals surface area contributed by atoms with Gasteiger partial charge in [-0.2, -0.15) is 0 Å². The molecule has 0 aliphatic heterocycles. The molecule has 1 aromatic carbocycles. The maximum absolute atomic E-state index is 5.39. The number of nitrogens with one attached hydrogen (secondary N) is 1. The lowest BCUT2D eigenvalue weighted by Gasteiger charge is -2.12. The topological polar surface area (TPSA) is 38.0 Å². The molecule has 0 aliphatic rings. The molecule has 1 aromatic rings. The molecular weight excluding hydrogens is 148 g/mol. The second kappa shape index (κ2) is 4.91. The highest BCUT2D eigenvalue weighted by atomic mass is 14.9. The third-order valence-electron chi connectivity index (χ3n) is 1.89. The van der Waals surface area contributed by atoms with Crippen LogP contribution in [0.3, 0.4) is 0 Å². The van der Waals surface area contributed by atoms with E-state index in [-0.39, 0.29) is 0 Å². The Morgan fingerprint density at radius 3 is 2.58 bits per heavy atom. The third kappa shape index (κ3) is 2.64. The van der Waals surface area contributed by atoms with Crippen LogP contribution in [0.1, 0.15) is 18.5 Å². The Hall–Kier alpha value is -0.860. The standard InChI is InChI=1S/C10H16N2/c1-9(12-8-7-11)10-5-3-2-4-6-10/h2-6,9,12H,7-8,11H2,1H3/t9-/m0/s1. The van der Waals surface area contributed by atoms with E-state index in [2.05, 4.69) is 36.5 Å². The zero-order valence-corrected chi connectivity index (χ0v) is 7.46. The van der Waals surface area contributed by atoms with Crippen LogP contribution in [-0.4, -0.2) is 13.1 Å². The summed E-state index contributed by atoms with van der Waals surface area (Å²) >= 11 is 0. The van der Waals surface area contributed by atoms with Gasteiger partial charge in [-0.15, -0.1) is 0 Å². The van der Waals surface area contributed by atoms with Gasteiger partial charge in [-0.05, 0) is 12.5 Å². The minimum Gasteiger partial charge on any atom is -0.329 e. The molecule has 66 valence electrons. The van der Waals surface area contributed by atoms with Crippen molar-refractivity contribution in [2.24, 2.45) is 5.73 Å². The fraction of sp³-hybridized carbons (Fsp3) is 0.400. The molecule has 3 N–H and O–H groups in total. The van der Waals surface area contributed by atoms with Crippen LogP contribution >= 0.6 is 0 Å². The van der Waals surface area contributed by atoms with Crippen LogP contribution in [0, 0.1) is 0 Å². The lowest BCUT2D eigenvalue weighted by atomic mass is 10.1. The summed E-state index contributed by atoms with van der Waals surface area (Å²) in [4.78, 5) is 0. The van der Waals surface area contributed by atoms with Crippen molar-refractivity contribution in [2.45, 2.75) is 13.0 Å². The zero-order chi connectivity index (χ0) is 8.81. The first kappa shape index (κ1) is 9.23. The second-order valence-corrected chi connectivity index (χ2v) is 2.88. The van der Waals surface area contributed by atoms with Gasteiger partial charge in [0.15, 0.2) is 0 Å². The number of hydrogen-bond donors (Lipinski definition) is 2. The average molecular weight is 164 g/mol. The van der Waals surface area contributed by atoms with Gasteiger partial charge in [0.05, 0.1) is 0 Å². The maximum Gasteiger partial charge on any atom is 0.0292 e. The van der Waals surface area contributed by atoms with Gasteiger partial charge in [-0.3, -0.25) is 0 Å². The average Bonchev–Trinajstić information content (AvgIpc) is 2.15. The highest BCUT2D eigenvalue weighted by molar-refractivity contribution is 5.17. The quantitative estimate of drug-likeness (QED) is 0.704. The van der Waals surface area contributed by atoms with Crippen molar-refractivity contribution in [3.8, 4) is 0 Å². The van der Waals surface area contributed by atoms with Crippen molar-refractivity contribution in [3.05, 3.63) is 35.9 Å². The summed E-state index contributed by atoms with van der Waals surface area (Å²) in [5.41, 5.74) is 6.70. The molecule has 0 aromatic heterocycles. The fourth-order valence-electron chi connectivity index (χ4n) is 1.16. The minimum atomic E-state index is 0.398. The van der Waals surface area contributed by atoms with E-state index in [0.717, 1.165) is 6.54 Å². The van der Waals surface area contributed by atoms with E-state index in [9.17, 15) is 0 Å². The summed E-state index contributed by atoms with van der Waals surface area (Å²) in [7, 11) is 0. The van der Waals surface area contributed by atoms with Crippen molar-refractivity contribution in [3.63, 3.8) is 0 Å². The molecule has 0 spiro atoms. The van der Waals surface area contributed by atoms with Crippen LogP contribution in [0.25, 0.3) is 0 Å².